The predicted molar refractivity (Wildman–Crippen MR) is 66.5 cm³/mol. The zero-order valence-electron chi connectivity index (χ0n) is 9.93. The molecule has 0 fully saturated rings. The molecule has 3 heteroatoms. The summed E-state index contributed by atoms with van der Waals surface area (Å²) >= 11 is 4.62. The van der Waals surface area contributed by atoms with Crippen molar-refractivity contribution < 1.29 is 9.59 Å². The smallest absolute Gasteiger partial charge is 0.256 e. The van der Waals surface area contributed by atoms with E-state index in [0.29, 0.717) is 6.08 Å². The van der Waals surface area contributed by atoms with Crippen LogP contribution in [0.4, 0.5) is 0 Å². The Morgan fingerprint density at radius 1 is 1.06 bits per heavy atom. The monoisotopic (exact) mass is 238 g/mol. The van der Waals surface area contributed by atoms with Crippen LogP contribution in [0, 0.1) is 27.7 Å². The predicted octanol–water partition coefficient (Wildman–Crippen LogP) is 3.06. The number of rotatable bonds is 1. The first kappa shape index (κ1) is 14.6. The standard InChI is InChI=1S/C10H14.C3HClO2/c1-7-5-9(3)10(4)6-8(7)2;4-3(6)1-2-5/h5-6H,1-4H3;1H. The summed E-state index contributed by atoms with van der Waals surface area (Å²) in [4.78, 5) is 18.6. The van der Waals surface area contributed by atoms with Crippen LogP contribution in [0.25, 0.3) is 0 Å². The van der Waals surface area contributed by atoms with Crippen LogP contribution in [0.3, 0.4) is 0 Å². The van der Waals surface area contributed by atoms with Gasteiger partial charge in [-0.15, -0.1) is 0 Å². The van der Waals surface area contributed by atoms with E-state index in [4.69, 9.17) is 4.79 Å². The summed E-state index contributed by atoms with van der Waals surface area (Å²) in [6.07, 6.45) is 0.613. The van der Waals surface area contributed by atoms with Gasteiger partial charge in [-0.25, -0.2) is 4.79 Å². The molecule has 0 N–H and O–H groups in total. The highest BCUT2D eigenvalue weighted by Gasteiger charge is 1.95. The van der Waals surface area contributed by atoms with Crippen molar-refractivity contribution in [3.05, 3.63) is 40.5 Å². The van der Waals surface area contributed by atoms with Gasteiger partial charge in [0.1, 0.15) is 5.94 Å². The fourth-order valence-corrected chi connectivity index (χ4v) is 1.20. The Balaban J connectivity index is 0.000000325. The Labute approximate surface area is 101 Å². The minimum absolute atomic E-state index is 0.613. The van der Waals surface area contributed by atoms with Crippen LogP contribution in [0.1, 0.15) is 22.3 Å². The number of benzene rings is 1. The SMILES string of the molecule is Cc1cc(C)c(C)cc1C.O=C=CC(=O)Cl. The maximum absolute atomic E-state index is 9.49. The Hall–Kier alpha value is -1.37. The molecule has 0 aliphatic rings. The number of halogens is 1. The molecule has 0 aromatic heterocycles. The van der Waals surface area contributed by atoms with E-state index in [0.717, 1.165) is 0 Å². The summed E-state index contributed by atoms with van der Waals surface area (Å²) in [5.41, 5.74) is 5.57. The highest BCUT2D eigenvalue weighted by molar-refractivity contribution is 6.67. The molecule has 1 aromatic rings. The van der Waals surface area contributed by atoms with Crippen LogP contribution in [-0.2, 0) is 9.59 Å². The summed E-state index contributed by atoms with van der Waals surface area (Å²) in [5.74, 6) is 1.21. The molecule has 0 atom stereocenters. The number of aryl methyl sites for hydroxylation is 4. The molecule has 0 radical (unpaired) electrons. The second-order valence-electron chi connectivity index (χ2n) is 3.59. The van der Waals surface area contributed by atoms with Gasteiger partial charge in [-0.05, 0) is 61.5 Å². The summed E-state index contributed by atoms with van der Waals surface area (Å²) in [5, 5.41) is -0.787. The van der Waals surface area contributed by atoms with Crippen LogP contribution in [0.15, 0.2) is 18.2 Å². The first-order chi connectivity index (χ1) is 7.38. The molecular formula is C13H15ClO2. The van der Waals surface area contributed by atoms with E-state index in [-0.39, 0.29) is 0 Å². The summed E-state index contributed by atoms with van der Waals surface area (Å²) in [7, 11) is 0. The van der Waals surface area contributed by atoms with Gasteiger partial charge in [0, 0.05) is 0 Å². The van der Waals surface area contributed by atoms with E-state index in [9.17, 15) is 4.79 Å². The van der Waals surface area contributed by atoms with Crippen molar-refractivity contribution in [3.63, 3.8) is 0 Å². The highest BCUT2D eigenvalue weighted by Crippen LogP contribution is 2.13. The second kappa shape index (κ2) is 7.00. The van der Waals surface area contributed by atoms with E-state index in [2.05, 4.69) is 51.4 Å². The Bertz CT molecular complexity index is 380. The summed E-state index contributed by atoms with van der Waals surface area (Å²) in [6.45, 7) is 8.62. The zero-order chi connectivity index (χ0) is 12.7. The average Bonchev–Trinajstić information content (AvgIpc) is 2.15. The first-order valence-electron chi connectivity index (χ1n) is 4.83. The number of carbonyl (C=O) groups is 1. The van der Waals surface area contributed by atoms with Gasteiger partial charge < -0.3 is 0 Å². The van der Waals surface area contributed by atoms with Gasteiger partial charge in [0.05, 0.1) is 6.08 Å². The maximum Gasteiger partial charge on any atom is 0.256 e. The van der Waals surface area contributed by atoms with Gasteiger partial charge in [-0.1, -0.05) is 12.1 Å². The molecule has 1 aromatic carbocycles. The fraction of sp³-hybridized carbons (Fsp3) is 0.308. The van der Waals surface area contributed by atoms with Crippen molar-refractivity contribution in [2.45, 2.75) is 27.7 Å². The van der Waals surface area contributed by atoms with Gasteiger partial charge in [-0.3, -0.25) is 4.79 Å². The summed E-state index contributed by atoms with van der Waals surface area (Å²) < 4.78 is 0. The Morgan fingerprint density at radius 3 is 1.50 bits per heavy atom. The number of allylic oxidation sites excluding steroid dienone is 1. The van der Waals surface area contributed by atoms with E-state index < -0.39 is 5.24 Å². The highest BCUT2D eigenvalue weighted by atomic mass is 35.5. The molecule has 0 unspecified atom stereocenters. The van der Waals surface area contributed by atoms with Crippen LogP contribution >= 0.6 is 11.6 Å². The van der Waals surface area contributed by atoms with Gasteiger partial charge >= 0.3 is 0 Å². The van der Waals surface area contributed by atoms with Crippen molar-refractivity contribution in [1.29, 1.82) is 0 Å². The van der Waals surface area contributed by atoms with Crippen LogP contribution in [-0.4, -0.2) is 11.2 Å². The zero-order valence-corrected chi connectivity index (χ0v) is 10.7. The van der Waals surface area contributed by atoms with Crippen molar-refractivity contribution in [3.8, 4) is 0 Å². The molecule has 0 aliphatic heterocycles. The molecule has 0 spiro atoms. The first-order valence-corrected chi connectivity index (χ1v) is 5.21. The van der Waals surface area contributed by atoms with Gasteiger partial charge in [0.2, 0.25) is 0 Å². The number of hydrogen-bond acceptors (Lipinski definition) is 2. The lowest BCUT2D eigenvalue weighted by Gasteiger charge is -2.04. The largest absolute Gasteiger partial charge is 0.275 e. The van der Waals surface area contributed by atoms with E-state index in [1.807, 2.05) is 0 Å². The van der Waals surface area contributed by atoms with Gasteiger partial charge in [0.25, 0.3) is 5.24 Å². The molecule has 0 saturated carbocycles. The maximum atomic E-state index is 9.49. The normalized spacial score (nSPS) is 8.56. The van der Waals surface area contributed by atoms with Crippen LogP contribution in [0.2, 0.25) is 0 Å². The Kier molecular flexibility index (Phi) is 6.40. The molecule has 0 saturated heterocycles. The average molecular weight is 239 g/mol. The lowest BCUT2D eigenvalue weighted by molar-refractivity contribution is -0.107. The van der Waals surface area contributed by atoms with E-state index >= 15 is 0 Å². The third-order valence-corrected chi connectivity index (χ3v) is 2.39. The van der Waals surface area contributed by atoms with Crippen molar-refractivity contribution in [2.75, 3.05) is 0 Å². The second-order valence-corrected chi connectivity index (χ2v) is 3.96. The molecule has 2 nitrogen and oxygen atoms in total. The van der Waals surface area contributed by atoms with Crippen molar-refractivity contribution >= 4 is 22.8 Å². The quantitative estimate of drug-likeness (QED) is 0.428. The molecule has 0 aliphatic carbocycles. The van der Waals surface area contributed by atoms with Crippen molar-refractivity contribution in [1.82, 2.24) is 0 Å². The van der Waals surface area contributed by atoms with E-state index in [1.54, 1.807) is 0 Å². The Morgan fingerprint density at radius 2 is 1.38 bits per heavy atom. The third kappa shape index (κ3) is 5.50. The van der Waals surface area contributed by atoms with Crippen molar-refractivity contribution in [2.24, 2.45) is 0 Å². The van der Waals surface area contributed by atoms with Crippen LogP contribution in [0.5, 0.6) is 0 Å². The van der Waals surface area contributed by atoms with Gasteiger partial charge in [0.15, 0.2) is 0 Å². The van der Waals surface area contributed by atoms with Crippen LogP contribution < -0.4 is 0 Å². The number of hydrogen-bond donors (Lipinski definition) is 0. The van der Waals surface area contributed by atoms with Gasteiger partial charge in [-0.2, -0.15) is 0 Å². The lowest BCUT2D eigenvalue weighted by atomic mass is 10.0. The third-order valence-electron chi connectivity index (χ3n) is 2.28. The minimum atomic E-state index is -0.787. The molecule has 16 heavy (non-hydrogen) atoms. The van der Waals surface area contributed by atoms with E-state index in [1.165, 1.54) is 28.2 Å². The molecule has 1 rings (SSSR count). The minimum Gasteiger partial charge on any atom is -0.275 e. The molecule has 0 heterocycles. The molecule has 86 valence electrons. The molecule has 0 amide bonds. The molecular weight excluding hydrogens is 224 g/mol. The lowest BCUT2D eigenvalue weighted by Crippen LogP contribution is -1.86. The topological polar surface area (TPSA) is 34.1 Å². The number of carbonyl (C=O) groups excluding carboxylic acids is 2. The summed E-state index contributed by atoms with van der Waals surface area (Å²) in [6, 6.07) is 4.48. The molecule has 0 bridgehead atoms. The fourth-order valence-electron chi connectivity index (χ4n) is 1.15.